The summed E-state index contributed by atoms with van der Waals surface area (Å²) in [6.07, 6.45) is 3.25. The normalized spacial score (nSPS) is 42.3. The van der Waals surface area contributed by atoms with Gasteiger partial charge in [0.15, 0.2) is 0 Å². The molecule has 1 heterocycles. The van der Waals surface area contributed by atoms with Crippen LogP contribution in [0.15, 0.2) is 0 Å². The van der Waals surface area contributed by atoms with Crippen molar-refractivity contribution in [1.29, 1.82) is 0 Å². The van der Waals surface area contributed by atoms with E-state index in [2.05, 4.69) is 18.7 Å². The Morgan fingerprint density at radius 1 is 1.20 bits per heavy atom. The molecular weight excluding hydrogens is 190 g/mol. The van der Waals surface area contributed by atoms with Crippen LogP contribution in [-0.4, -0.2) is 35.1 Å². The maximum atomic E-state index is 11.0. The minimum absolute atomic E-state index is 0.0949. The zero-order chi connectivity index (χ0) is 11.0. The second-order valence-electron chi connectivity index (χ2n) is 5.49. The maximum absolute atomic E-state index is 11.0. The second-order valence-corrected chi connectivity index (χ2v) is 5.49. The molecule has 15 heavy (non-hydrogen) atoms. The van der Waals surface area contributed by atoms with E-state index in [4.69, 9.17) is 5.11 Å². The van der Waals surface area contributed by atoms with E-state index in [1.165, 1.54) is 6.42 Å². The second kappa shape index (κ2) is 4.12. The van der Waals surface area contributed by atoms with E-state index in [1.807, 2.05) is 0 Å². The van der Waals surface area contributed by atoms with Gasteiger partial charge < -0.3 is 5.11 Å². The lowest BCUT2D eigenvalue weighted by molar-refractivity contribution is -0.150. The number of likely N-dealkylation sites (tertiary alicyclic amines) is 1. The minimum Gasteiger partial charge on any atom is -0.481 e. The SMILES string of the molecule is CC1CC(C)CN(C2CCC2C(=O)O)C1. The zero-order valence-corrected chi connectivity index (χ0v) is 9.65. The highest BCUT2D eigenvalue weighted by atomic mass is 16.4. The average Bonchev–Trinajstić information content (AvgIpc) is 1.97. The van der Waals surface area contributed by atoms with Crippen LogP contribution in [-0.2, 0) is 4.79 Å². The standard InChI is InChI=1S/C12H21NO2/c1-8-5-9(2)7-13(6-8)11-4-3-10(11)12(14)15/h8-11H,3-7H2,1-2H3,(H,14,15). The monoisotopic (exact) mass is 211 g/mol. The number of hydrogen-bond donors (Lipinski definition) is 1. The molecule has 1 N–H and O–H groups in total. The molecule has 1 saturated carbocycles. The van der Waals surface area contributed by atoms with E-state index >= 15 is 0 Å². The smallest absolute Gasteiger partial charge is 0.308 e. The quantitative estimate of drug-likeness (QED) is 0.757. The van der Waals surface area contributed by atoms with Crippen LogP contribution in [0.25, 0.3) is 0 Å². The number of carboxylic acids is 1. The lowest BCUT2D eigenvalue weighted by Gasteiger charge is -2.47. The fourth-order valence-corrected chi connectivity index (χ4v) is 3.19. The van der Waals surface area contributed by atoms with Crippen LogP contribution in [0.5, 0.6) is 0 Å². The Bertz CT molecular complexity index is 244. The van der Waals surface area contributed by atoms with Crippen LogP contribution in [0.4, 0.5) is 0 Å². The Kier molecular flexibility index (Phi) is 3.01. The van der Waals surface area contributed by atoms with E-state index < -0.39 is 5.97 Å². The predicted molar refractivity (Wildman–Crippen MR) is 58.7 cm³/mol. The Hall–Kier alpha value is -0.570. The van der Waals surface area contributed by atoms with Gasteiger partial charge in [0, 0.05) is 19.1 Å². The summed E-state index contributed by atoms with van der Waals surface area (Å²) in [5, 5.41) is 9.04. The number of piperidine rings is 1. The third-order valence-corrected chi connectivity index (χ3v) is 3.92. The fourth-order valence-electron chi connectivity index (χ4n) is 3.19. The van der Waals surface area contributed by atoms with Crippen molar-refractivity contribution in [3.05, 3.63) is 0 Å². The molecule has 0 radical (unpaired) electrons. The van der Waals surface area contributed by atoms with Gasteiger partial charge in [-0.3, -0.25) is 9.69 Å². The number of hydrogen-bond acceptors (Lipinski definition) is 2. The van der Waals surface area contributed by atoms with E-state index in [0.29, 0.717) is 6.04 Å². The number of carboxylic acid groups (broad SMARTS) is 1. The summed E-state index contributed by atoms with van der Waals surface area (Å²) in [7, 11) is 0. The van der Waals surface area contributed by atoms with Crippen molar-refractivity contribution in [3.63, 3.8) is 0 Å². The molecule has 4 atom stereocenters. The first-order valence-corrected chi connectivity index (χ1v) is 6.04. The molecule has 2 fully saturated rings. The summed E-state index contributed by atoms with van der Waals surface area (Å²) in [5.74, 6) is 0.757. The van der Waals surface area contributed by atoms with E-state index in [9.17, 15) is 4.79 Å². The summed E-state index contributed by atoms with van der Waals surface area (Å²) < 4.78 is 0. The summed E-state index contributed by atoms with van der Waals surface area (Å²) in [4.78, 5) is 13.4. The molecule has 4 unspecified atom stereocenters. The molecule has 1 aliphatic heterocycles. The first-order valence-electron chi connectivity index (χ1n) is 6.04. The molecule has 1 saturated heterocycles. The lowest BCUT2D eigenvalue weighted by Crippen LogP contribution is -2.54. The number of aliphatic carboxylic acids is 1. The van der Waals surface area contributed by atoms with E-state index in [-0.39, 0.29) is 5.92 Å². The zero-order valence-electron chi connectivity index (χ0n) is 9.65. The summed E-state index contributed by atoms with van der Waals surface area (Å²) in [6.45, 7) is 6.74. The highest BCUT2D eigenvalue weighted by Gasteiger charge is 2.41. The number of rotatable bonds is 2. The highest BCUT2D eigenvalue weighted by molar-refractivity contribution is 5.72. The van der Waals surface area contributed by atoms with Crippen molar-refractivity contribution in [1.82, 2.24) is 4.90 Å². The highest BCUT2D eigenvalue weighted by Crippen LogP contribution is 2.35. The van der Waals surface area contributed by atoms with E-state index in [1.54, 1.807) is 0 Å². The topological polar surface area (TPSA) is 40.5 Å². The molecule has 2 aliphatic rings. The van der Waals surface area contributed by atoms with Gasteiger partial charge >= 0.3 is 5.97 Å². The van der Waals surface area contributed by atoms with Crippen LogP contribution in [0.3, 0.4) is 0 Å². The molecule has 0 aromatic rings. The Balaban J connectivity index is 1.95. The van der Waals surface area contributed by atoms with Gasteiger partial charge in [-0.15, -0.1) is 0 Å². The molecule has 86 valence electrons. The van der Waals surface area contributed by atoms with Crippen molar-refractivity contribution in [2.24, 2.45) is 17.8 Å². The molecule has 2 rings (SSSR count). The lowest BCUT2D eigenvalue weighted by atomic mass is 9.76. The van der Waals surface area contributed by atoms with Crippen molar-refractivity contribution in [3.8, 4) is 0 Å². The molecule has 0 aromatic heterocycles. The van der Waals surface area contributed by atoms with Crippen molar-refractivity contribution < 1.29 is 9.90 Å². The predicted octanol–water partition coefficient (Wildman–Crippen LogP) is 1.83. The molecule has 0 amide bonds. The molecule has 1 aliphatic carbocycles. The molecular formula is C12H21NO2. The Morgan fingerprint density at radius 3 is 2.20 bits per heavy atom. The van der Waals surface area contributed by atoms with Gasteiger partial charge in [0.05, 0.1) is 5.92 Å². The molecule has 0 bridgehead atoms. The van der Waals surface area contributed by atoms with Gasteiger partial charge in [-0.25, -0.2) is 0 Å². The molecule has 0 spiro atoms. The largest absolute Gasteiger partial charge is 0.481 e. The van der Waals surface area contributed by atoms with Crippen molar-refractivity contribution in [2.75, 3.05) is 13.1 Å². The first kappa shape index (κ1) is 10.9. The third kappa shape index (κ3) is 2.17. The summed E-state index contributed by atoms with van der Waals surface area (Å²) in [6, 6.07) is 0.327. The number of carbonyl (C=O) groups is 1. The van der Waals surface area contributed by atoms with Gasteiger partial charge in [0.2, 0.25) is 0 Å². The van der Waals surface area contributed by atoms with Crippen molar-refractivity contribution in [2.45, 2.75) is 39.2 Å². The number of nitrogens with zero attached hydrogens (tertiary/aromatic N) is 1. The van der Waals surface area contributed by atoms with Gasteiger partial charge in [0.25, 0.3) is 0 Å². The van der Waals surface area contributed by atoms with Crippen LogP contribution >= 0.6 is 0 Å². The third-order valence-electron chi connectivity index (χ3n) is 3.92. The van der Waals surface area contributed by atoms with Gasteiger partial charge in [-0.05, 0) is 31.1 Å². The first-order chi connectivity index (χ1) is 7.08. The maximum Gasteiger partial charge on any atom is 0.308 e. The van der Waals surface area contributed by atoms with Crippen LogP contribution in [0, 0.1) is 17.8 Å². The summed E-state index contributed by atoms with van der Waals surface area (Å²) >= 11 is 0. The molecule has 3 heteroatoms. The van der Waals surface area contributed by atoms with Crippen molar-refractivity contribution >= 4 is 5.97 Å². The fraction of sp³-hybridized carbons (Fsp3) is 0.917. The minimum atomic E-state index is -0.600. The van der Waals surface area contributed by atoms with Crippen LogP contribution < -0.4 is 0 Å². The van der Waals surface area contributed by atoms with E-state index in [0.717, 1.165) is 37.8 Å². The Labute approximate surface area is 91.5 Å². The van der Waals surface area contributed by atoms with Gasteiger partial charge in [0.1, 0.15) is 0 Å². The van der Waals surface area contributed by atoms with Crippen LogP contribution in [0.2, 0.25) is 0 Å². The Morgan fingerprint density at radius 2 is 1.80 bits per heavy atom. The molecule has 0 aromatic carbocycles. The van der Waals surface area contributed by atoms with Gasteiger partial charge in [-0.2, -0.15) is 0 Å². The molecule has 3 nitrogen and oxygen atoms in total. The summed E-state index contributed by atoms with van der Waals surface area (Å²) in [5.41, 5.74) is 0. The average molecular weight is 211 g/mol. The van der Waals surface area contributed by atoms with Crippen LogP contribution in [0.1, 0.15) is 33.1 Å². The van der Waals surface area contributed by atoms with Gasteiger partial charge in [-0.1, -0.05) is 13.8 Å².